The van der Waals surface area contributed by atoms with Gasteiger partial charge >= 0.3 is 5.97 Å². The molecular formula is C11H11BrO3. The number of halogens is 1. The molecule has 2 atom stereocenters. The Hall–Kier alpha value is -1.03. The minimum absolute atomic E-state index is 0.0358. The summed E-state index contributed by atoms with van der Waals surface area (Å²) in [5.74, 6) is 0.488. The number of carbonyl (C=O) groups excluding carboxylic acids is 1. The van der Waals surface area contributed by atoms with Crippen LogP contribution in [0.25, 0.3) is 0 Å². The van der Waals surface area contributed by atoms with Crippen LogP contribution in [0.3, 0.4) is 0 Å². The van der Waals surface area contributed by atoms with Gasteiger partial charge in [-0.15, -0.1) is 0 Å². The molecule has 0 aromatic heterocycles. The maximum absolute atomic E-state index is 11.5. The third-order valence-corrected chi connectivity index (χ3v) is 3.24. The number of benzene rings is 1. The van der Waals surface area contributed by atoms with Gasteiger partial charge in [-0.2, -0.15) is 0 Å². The fourth-order valence-corrected chi connectivity index (χ4v) is 2.46. The minimum atomic E-state index is -0.522. The number of ether oxygens (including phenoxy) is 2. The molecule has 0 radical (unpaired) electrons. The van der Waals surface area contributed by atoms with Crippen LogP contribution in [0.15, 0.2) is 24.3 Å². The van der Waals surface area contributed by atoms with Gasteiger partial charge < -0.3 is 9.47 Å². The fourth-order valence-electron chi connectivity index (χ4n) is 1.77. The molecular weight excluding hydrogens is 260 g/mol. The molecule has 1 aromatic rings. The molecule has 2 rings (SSSR count). The van der Waals surface area contributed by atoms with Crippen molar-refractivity contribution < 1.29 is 14.3 Å². The predicted molar refractivity (Wildman–Crippen MR) is 59.4 cm³/mol. The van der Waals surface area contributed by atoms with Gasteiger partial charge in [-0.05, 0) is 6.07 Å². The monoisotopic (exact) mass is 270 g/mol. The molecule has 2 unspecified atom stereocenters. The van der Waals surface area contributed by atoms with Gasteiger partial charge in [0.2, 0.25) is 6.10 Å². The maximum Gasteiger partial charge on any atom is 0.347 e. The molecule has 0 N–H and O–H groups in total. The van der Waals surface area contributed by atoms with E-state index in [-0.39, 0.29) is 11.9 Å². The Morgan fingerprint density at radius 3 is 2.93 bits per heavy atom. The van der Waals surface area contributed by atoms with Crippen LogP contribution in [0.4, 0.5) is 0 Å². The second-order valence-electron chi connectivity index (χ2n) is 3.36. The van der Waals surface area contributed by atoms with Gasteiger partial charge in [0.1, 0.15) is 5.75 Å². The highest BCUT2D eigenvalue weighted by Gasteiger charge is 2.39. The van der Waals surface area contributed by atoms with Crippen LogP contribution in [0.5, 0.6) is 5.75 Å². The number of rotatable bonds is 2. The van der Waals surface area contributed by atoms with Crippen molar-refractivity contribution in [3.05, 3.63) is 29.8 Å². The number of methoxy groups -OCH3 is 1. The van der Waals surface area contributed by atoms with Crippen molar-refractivity contribution in [2.24, 2.45) is 0 Å². The SMILES string of the molecule is COC(=O)C1Oc2ccccc2C1CBr. The van der Waals surface area contributed by atoms with Crippen LogP contribution in [0.2, 0.25) is 0 Å². The Labute approximate surface area is 96.5 Å². The Balaban J connectivity index is 2.32. The van der Waals surface area contributed by atoms with Gasteiger partial charge in [-0.1, -0.05) is 34.1 Å². The first-order chi connectivity index (χ1) is 7.27. The van der Waals surface area contributed by atoms with Gasteiger partial charge in [0, 0.05) is 16.8 Å². The summed E-state index contributed by atoms with van der Waals surface area (Å²) >= 11 is 3.40. The molecule has 0 aliphatic carbocycles. The minimum Gasteiger partial charge on any atom is -0.478 e. The number of para-hydroxylation sites is 1. The van der Waals surface area contributed by atoms with Crippen molar-refractivity contribution in [3.63, 3.8) is 0 Å². The molecule has 1 aromatic carbocycles. The quantitative estimate of drug-likeness (QED) is 0.610. The van der Waals surface area contributed by atoms with E-state index in [0.717, 1.165) is 11.3 Å². The van der Waals surface area contributed by atoms with Gasteiger partial charge in [-0.3, -0.25) is 0 Å². The van der Waals surface area contributed by atoms with E-state index in [9.17, 15) is 4.79 Å². The van der Waals surface area contributed by atoms with Gasteiger partial charge in [0.05, 0.1) is 7.11 Å². The van der Waals surface area contributed by atoms with E-state index in [1.807, 2.05) is 24.3 Å². The number of hydrogen-bond donors (Lipinski definition) is 0. The molecule has 1 aliphatic heterocycles. The molecule has 3 nitrogen and oxygen atoms in total. The zero-order chi connectivity index (χ0) is 10.8. The average molecular weight is 271 g/mol. The number of alkyl halides is 1. The third kappa shape index (κ3) is 1.74. The van der Waals surface area contributed by atoms with Crippen LogP contribution >= 0.6 is 15.9 Å². The van der Waals surface area contributed by atoms with Crippen LogP contribution in [-0.2, 0) is 9.53 Å². The van der Waals surface area contributed by atoms with E-state index in [1.165, 1.54) is 7.11 Å². The second kappa shape index (κ2) is 4.23. The van der Waals surface area contributed by atoms with Crippen molar-refractivity contribution in [1.82, 2.24) is 0 Å². The van der Waals surface area contributed by atoms with Crippen molar-refractivity contribution in [3.8, 4) is 5.75 Å². The smallest absolute Gasteiger partial charge is 0.347 e. The highest BCUT2D eigenvalue weighted by molar-refractivity contribution is 9.09. The van der Waals surface area contributed by atoms with E-state index in [0.29, 0.717) is 5.33 Å². The molecule has 0 saturated carbocycles. The molecule has 0 amide bonds. The van der Waals surface area contributed by atoms with Crippen molar-refractivity contribution in [1.29, 1.82) is 0 Å². The lowest BCUT2D eigenvalue weighted by molar-refractivity contribution is -0.148. The Bertz CT molecular complexity index is 378. The van der Waals surface area contributed by atoms with Crippen LogP contribution in [-0.4, -0.2) is 24.5 Å². The molecule has 0 fully saturated rings. The largest absolute Gasteiger partial charge is 0.478 e. The summed E-state index contributed by atoms with van der Waals surface area (Å²) in [4.78, 5) is 11.5. The van der Waals surface area contributed by atoms with E-state index in [1.54, 1.807) is 0 Å². The lowest BCUT2D eigenvalue weighted by Gasteiger charge is -2.13. The topological polar surface area (TPSA) is 35.5 Å². The lowest BCUT2D eigenvalue weighted by Crippen LogP contribution is -2.30. The van der Waals surface area contributed by atoms with E-state index >= 15 is 0 Å². The van der Waals surface area contributed by atoms with Crippen LogP contribution < -0.4 is 4.74 Å². The van der Waals surface area contributed by atoms with Gasteiger partial charge in [-0.25, -0.2) is 4.79 Å². The number of esters is 1. The highest BCUT2D eigenvalue weighted by Crippen LogP contribution is 2.39. The average Bonchev–Trinajstić information content (AvgIpc) is 2.66. The van der Waals surface area contributed by atoms with Crippen LogP contribution in [0, 0.1) is 0 Å². The standard InChI is InChI=1S/C11H11BrO3/c1-14-11(13)10-8(6-12)7-4-2-3-5-9(7)15-10/h2-5,8,10H,6H2,1H3. The third-order valence-electron chi connectivity index (χ3n) is 2.54. The van der Waals surface area contributed by atoms with E-state index in [4.69, 9.17) is 9.47 Å². The molecule has 0 saturated heterocycles. The summed E-state index contributed by atoms with van der Waals surface area (Å²) in [5, 5.41) is 0.684. The summed E-state index contributed by atoms with van der Waals surface area (Å²) in [7, 11) is 1.37. The highest BCUT2D eigenvalue weighted by atomic mass is 79.9. The van der Waals surface area contributed by atoms with Crippen molar-refractivity contribution in [2.75, 3.05) is 12.4 Å². The second-order valence-corrected chi connectivity index (χ2v) is 4.01. The Morgan fingerprint density at radius 1 is 1.53 bits per heavy atom. The Morgan fingerprint density at radius 2 is 2.27 bits per heavy atom. The van der Waals surface area contributed by atoms with Gasteiger partial charge in [0.15, 0.2) is 0 Å². The number of fused-ring (bicyclic) bond motifs is 1. The van der Waals surface area contributed by atoms with Crippen molar-refractivity contribution >= 4 is 21.9 Å². The predicted octanol–water partition coefficient (Wildman–Crippen LogP) is 2.10. The normalized spacial score (nSPS) is 23.1. The maximum atomic E-state index is 11.5. The summed E-state index contributed by atoms with van der Waals surface area (Å²) in [6.45, 7) is 0. The summed E-state index contributed by atoms with van der Waals surface area (Å²) in [6.07, 6.45) is -0.522. The number of carbonyl (C=O) groups is 1. The summed E-state index contributed by atoms with van der Waals surface area (Å²) in [6, 6.07) is 7.68. The molecule has 0 bridgehead atoms. The molecule has 80 valence electrons. The Kier molecular flexibility index (Phi) is 2.95. The lowest BCUT2D eigenvalue weighted by atomic mass is 9.98. The molecule has 4 heteroatoms. The summed E-state index contributed by atoms with van der Waals surface area (Å²) < 4.78 is 10.3. The van der Waals surface area contributed by atoms with Gasteiger partial charge in [0.25, 0.3) is 0 Å². The molecule has 15 heavy (non-hydrogen) atoms. The fraction of sp³-hybridized carbons (Fsp3) is 0.364. The van der Waals surface area contributed by atoms with E-state index in [2.05, 4.69) is 15.9 Å². The van der Waals surface area contributed by atoms with Crippen molar-refractivity contribution in [2.45, 2.75) is 12.0 Å². The van der Waals surface area contributed by atoms with E-state index < -0.39 is 6.10 Å². The first kappa shape index (κ1) is 10.5. The zero-order valence-electron chi connectivity index (χ0n) is 8.27. The summed E-state index contributed by atoms with van der Waals surface area (Å²) in [5.41, 5.74) is 1.06. The molecule has 0 spiro atoms. The first-order valence-electron chi connectivity index (χ1n) is 4.67. The van der Waals surface area contributed by atoms with Crippen LogP contribution in [0.1, 0.15) is 11.5 Å². The molecule has 1 heterocycles. The number of hydrogen-bond acceptors (Lipinski definition) is 3. The zero-order valence-corrected chi connectivity index (χ0v) is 9.86. The molecule has 1 aliphatic rings. The first-order valence-corrected chi connectivity index (χ1v) is 5.79.